The van der Waals surface area contributed by atoms with E-state index in [-0.39, 0.29) is 5.91 Å². The molecule has 0 saturated heterocycles. The van der Waals surface area contributed by atoms with Crippen molar-refractivity contribution in [1.29, 1.82) is 0 Å². The molecular weight excluding hydrogens is 216 g/mol. The van der Waals surface area contributed by atoms with Crippen LogP contribution in [0.3, 0.4) is 0 Å². The third-order valence-corrected chi connectivity index (χ3v) is 2.78. The highest BCUT2D eigenvalue weighted by molar-refractivity contribution is 5.78. The molecular formula is C12H20N4O. The molecule has 1 aliphatic carbocycles. The third kappa shape index (κ3) is 3.85. The maximum absolute atomic E-state index is 11.4. The van der Waals surface area contributed by atoms with Gasteiger partial charge < -0.3 is 15.2 Å². The van der Waals surface area contributed by atoms with Crippen LogP contribution in [0.4, 0.5) is 0 Å². The predicted octanol–water partition coefficient (Wildman–Crippen LogP) is 0.661. The summed E-state index contributed by atoms with van der Waals surface area (Å²) >= 11 is 0. The number of hydrogen-bond acceptors (Lipinski definition) is 3. The second kappa shape index (κ2) is 5.82. The fourth-order valence-corrected chi connectivity index (χ4v) is 1.75. The van der Waals surface area contributed by atoms with Crippen LogP contribution >= 0.6 is 0 Å². The molecule has 1 amide bonds. The molecule has 0 spiro atoms. The van der Waals surface area contributed by atoms with E-state index < -0.39 is 0 Å². The van der Waals surface area contributed by atoms with Crippen LogP contribution in [0.25, 0.3) is 0 Å². The first kappa shape index (κ1) is 12.1. The number of nitrogens with one attached hydrogen (secondary N) is 2. The minimum atomic E-state index is 0.0843. The first-order chi connectivity index (χ1) is 8.29. The van der Waals surface area contributed by atoms with Crippen molar-refractivity contribution in [3.8, 4) is 0 Å². The van der Waals surface area contributed by atoms with E-state index in [4.69, 9.17) is 0 Å². The Morgan fingerprint density at radius 1 is 1.59 bits per heavy atom. The molecule has 0 atom stereocenters. The largest absolute Gasteiger partial charge is 0.352 e. The zero-order chi connectivity index (χ0) is 12.1. The Balaban J connectivity index is 1.69. The smallest absolute Gasteiger partial charge is 0.234 e. The monoisotopic (exact) mass is 236 g/mol. The summed E-state index contributed by atoms with van der Waals surface area (Å²) in [5.41, 5.74) is 0. The van der Waals surface area contributed by atoms with Gasteiger partial charge in [0, 0.05) is 25.0 Å². The number of hydrogen-bond donors (Lipinski definition) is 2. The van der Waals surface area contributed by atoms with E-state index in [1.807, 2.05) is 6.20 Å². The molecule has 0 aromatic carbocycles. The number of nitrogens with zero attached hydrogens (tertiary/aromatic N) is 2. The Labute approximate surface area is 102 Å². The third-order valence-electron chi connectivity index (χ3n) is 2.78. The van der Waals surface area contributed by atoms with Crippen molar-refractivity contribution in [1.82, 2.24) is 20.2 Å². The number of amides is 1. The molecule has 17 heavy (non-hydrogen) atoms. The van der Waals surface area contributed by atoms with Gasteiger partial charge in [-0.2, -0.15) is 0 Å². The maximum Gasteiger partial charge on any atom is 0.234 e. The SMILES string of the molecule is CCCn1ccnc1CNCC(=O)NC1CC1. The molecule has 0 bridgehead atoms. The minimum absolute atomic E-state index is 0.0843. The Morgan fingerprint density at radius 3 is 3.12 bits per heavy atom. The Morgan fingerprint density at radius 2 is 2.41 bits per heavy atom. The van der Waals surface area contributed by atoms with E-state index in [2.05, 4.69) is 27.1 Å². The second-order valence-corrected chi connectivity index (χ2v) is 4.48. The van der Waals surface area contributed by atoms with Crippen molar-refractivity contribution in [3.63, 3.8) is 0 Å². The normalized spacial score (nSPS) is 14.9. The Bertz CT molecular complexity index is 370. The van der Waals surface area contributed by atoms with Crippen LogP contribution in [-0.2, 0) is 17.9 Å². The van der Waals surface area contributed by atoms with Crippen LogP contribution in [-0.4, -0.2) is 28.0 Å². The summed E-state index contributed by atoms with van der Waals surface area (Å²) in [7, 11) is 0. The van der Waals surface area contributed by atoms with E-state index in [0.717, 1.165) is 31.6 Å². The lowest BCUT2D eigenvalue weighted by Gasteiger charge is -2.07. The van der Waals surface area contributed by atoms with Gasteiger partial charge in [0.1, 0.15) is 5.82 Å². The molecule has 0 unspecified atom stereocenters. The Hall–Kier alpha value is -1.36. The summed E-state index contributed by atoms with van der Waals surface area (Å²) in [5, 5.41) is 6.07. The standard InChI is InChI=1S/C12H20N4O/c1-2-6-16-7-5-14-11(16)8-13-9-12(17)15-10-3-4-10/h5,7,10,13H,2-4,6,8-9H2,1H3,(H,15,17). The molecule has 2 N–H and O–H groups in total. The summed E-state index contributed by atoms with van der Waals surface area (Å²) < 4.78 is 2.12. The van der Waals surface area contributed by atoms with Gasteiger partial charge in [-0.15, -0.1) is 0 Å². The number of aryl methyl sites for hydroxylation is 1. The molecule has 1 saturated carbocycles. The van der Waals surface area contributed by atoms with E-state index in [1.54, 1.807) is 6.20 Å². The first-order valence-electron chi connectivity index (χ1n) is 6.29. The van der Waals surface area contributed by atoms with Gasteiger partial charge in [0.25, 0.3) is 0 Å². The van der Waals surface area contributed by atoms with Crippen molar-refractivity contribution < 1.29 is 4.79 Å². The number of imidazole rings is 1. The lowest BCUT2D eigenvalue weighted by Crippen LogP contribution is -2.35. The van der Waals surface area contributed by atoms with Crippen molar-refractivity contribution >= 4 is 5.91 Å². The average Bonchev–Trinajstić information content (AvgIpc) is 3.00. The molecule has 1 fully saturated rings. The fraction of sp³-hybridized carbons (Fsp3) is 0.667. The molecule has 1 aromatic rings. The highest BCUT2D eigenvalue weighted by Crippen LogP contribution is 2.18. The van der Waals surface area contributed by atoms with E-state index in [9.17, 15) is 4.79 Å². The van der Waals surface area contributed by atoms with Crippen molar-refractivity contribution in [2.75, 3.05) is 6.54 Å². The summed E-state index contributed by atoms with van der Waals surface area (Å²) in [6, 6.07) is 0.436. The zero-order valence-corrected chi connectivity index (χ0v) is 10.3. The highest BCUT2D eigenvalue weighted by atomic mass is 16.2. The van der Waals surface area contributed by atoms with Crippen LogP contribution in [0.2, 0.25) is 0 Å². The summed E-state index contributed by atoms with van der Waals surface area (Å²) in [6.45, 7) is 4.13. The number of carbonyl (C=O) groups is 1. The number of carbonyl (C=O) groups excluding carboxylic acids is 1. The second-order valence-electron chi connectivity index (χ2n) is 4.48. The lowest BCUT2D eigenvalue weighted by molar-refractivity contribution is -0.120. The van der Waals surface area contributed by atoms with Gasteiger partial charge in [0.2, 0.25) is 5.91 Å². The highest BCUT2D eigenvalue weighted by Gasteiger charge is 2.22. The minimum Gasteiger partial charge on any atom is -0.352 e. The van der Waals surface area contributed by atoms with Gasteiger partial charge >= 0.3 is 0 Å². The van der Waals surface area contributed by atoms with Gasteiger partial charge in [0.05, 0.1) is 13.1 Å². The Kier molecular flexibility index (Phi) is 4.14. The van der Waals surface area contributed by atoms with E-state index >= 15 is 0 Å². The van der Waals surface area contributed by atoms with Gasteiger partial charge in [-0.25, -0.2) is 4.98 Å². The van der Waals surface area contributed by atoms with Crippen LogP contribution in [0, 0.1) is 0 Å². The molecule has 1 aromatic heterocycles. The van der Waals surface area contributed by atoms with Crippen LogP contribution < -0.4 is 10.6 Å². The predicted molar refractivity (Wildman–Crippen MR) is 65.4 cm³/mol. The van der Waals surface area contributed by atoms with Gasteiger partial charge in [-0.3, -0.25) is 4.79 Å². The van der Waals surface area contributed by atoms with Gasteiger partial charge in [-0.1, -0.05) is 6.92 Å². The molecule has 94 valence electrons. The topological polar surface area (TPSA) is 59.0 Å². The fourth-order valence-electron chi connectivity index (χ4n) is 1.75. The molecule has 0 radical (unpaired) electrons. The maximum atomic E-state index is 11.4. The quantitative estimate of drug-likeness (QED) is 0.731. The summed E-state index contributed by atoms with van der Waals surface area (Å²) in [5.74, 6) is 1.08. The van der Waals surface area contributed by atoms with Crippen LogP contribution in [0.5, 0.6) is 0 Å². The lowest BCUT2D eigenvalue weighted by atomic mass is 10.4. The molecule has 1 aliphatic rings. The number of rotatable bonds is 7. The number of aromatic nitrogens is 2. The average molecular weight is 236 g/mol. The summed E-state index contributed by atoms with van der Waals surface area (Å²) in [4.78, 5) is 15.7. The van der Waals surface area contributed by atoms with Crippen molar-refractivity contribution in [3.05, 3.63) is 18.2 Å². The van der Waals surface area contributed by atoms with Crippen molar-refractivity contribution in [2.24, 2.45) is 0 Å². The first-order valence-corrected chi connectivity index (χ1v) is 6.29. The zero-order valence-electron chi connectivity index (χ0n) is 10.3. The summed E-state index contributed by atoms with van der Waals surface area (Å²) in [6.07, 6.45) is 7.13. The molecule has 5 nitrogen and oxygen atoms in total. The molecule has 2 rings (SSSR count). The van der Waals surface area contributed by atoms with Crippen LogP contribution in [0.15, 0.2) is 12.4 Å². The molecule has 5 heteroatoms. The van der Waals surface area contributed by atoms with E-state index in [1.165, 1.54) is 0 Å². The van der Waals surface area contributed by atoms with Crippen LogP contribution in [0.1, 0.15) is 32.0 Å². The van der Waals surface area contributed by atoms with E-state index in [0.29, 0.717) is 19.1 Å². The molecule has 1 heterocycles. The van der Waals surface area contributed by atoms with Gasteiger partial charge in [-0.05, 0) is 19.3 Å². The van der Waals surface area contributed by atoms with Crippen molar-refractivity contribution in [2.45, 2.75) is 45.3 Å². The molecule has 0 aliphatic heterocycles. The van der Waals surface area contributed by atoms with Gasteiger partial charge in [0.15, 0.2) is 0 Å².